The molecule has 0 atom stereocenters. The highest BCUT2D eigenvalue weighted by Gasteiger charge is 2.17. The van der Waals surface area contributed by atoms with E-state index in [2.05, 4.69) is 10.2 Å². The molecule has 0 aliphatic rings. The monoisotopic (exact) mass is 279 g/mol. The van der Waals surface area contributed by atoms with Gasteiger partial charge in [-0.15, -0.1) is 5.10 Å². The molecule has 7 heteroatoms. The Morgan fingerprint density at radius 3 is 2.74 bits per heavy atom. The number of nitro benzene ring substituents is 1. The molecule has 0 aliphatic carbocycles. The van der Waals surface area contributed by atoms with Gasteiger partial charge < -0.3 is 4.74 Å². The van der Waals surface area contributed by atoms with Gasteiger partial charge in [-0.1, -0.05) is 23.7 Å². The molecule has 0 N–H and O–H groups in total. The highest BCUT2D eigenvalue weighted by Crippen LogP contribution is 2.30. The van der Waals surface area contributed by atoms with Crippen LogP contribution in [0, 0.1) is 17.0 Å². The first kappa shape index (κ1) is 13.2. The van der Waals surface area contributed by atoms with Crippen molar-refractivity contribution >= 4 is 17.3 Å². The molecule has 19 heavy (non-hydrogen) atoms. The van der Waals surface area contributed by atoms with Crippen LogP contribution in [0.4, 0.5) is 5.69 Å². The van der Waals surface area contributed by atoms with Crippen molar-refractivity contribution in [1.82, 2.24) is 10.2 Å². The number of rotatable bonds is 4. The predicted molar refractivity (Wildman–Crippen MR) is 69.2 cm³/mol. The third kappa shape index (κ3) is 3.17. The van der Waals surface area contributed by atoms with Gasteiger partial charge in [0.25, 0.3) is 0 Å². The van der Waals surface area contributed by atoms with Gasteiger partial charge in [0, 0.05) is 6.07 Å². The summed E-state index contributed by atoms with van der Waals surface area (Å²) >= 11 is 5.62. The highest BCUT2D eigenvalue weighted by molar-refractivity contribution is 6.29. The van der Waals surface area contributed by atoms with Crippen molar-refractivity contribution < 1.29 is 9.66 Å². The molecule has 0 unspecified atom stereocenters. The van der Waals surface area contributed by atoms with E-state index >= 15 is 0 Å². The second kappa shape index (κ2) is 5.62. The van der Waals surface area contributed by atoms with Gasteiger partial charge in [0.2, 0.25) is 0 Å². The van der Waals surface area contributed by atoms with E-state index in [0.29, 0.717) is 11.3 Å². The first-order valence-electron chi connectivity index (χ1n) is 5.43. The Morgan fingerprint density at radius 2 is 2.11 bits per heavy atom. The SMILES string of the molecule is Cc1cccc([N+](=O)[O-])c1OCc1ccc(Cl)nn1. The number of aryl methyl sites for hydroxylation is 1. The van der Waals surface area contributed by atoms with Crippen LogP contribution in [0.15, 0.2) is 30.3 Å². The van der Waals surface area contributed by atoms with E-state index in [1.807, 2.05) is 0 Å². The van der Waals surface area contributed by atoms with Crippen LogP contribution < -0.4 is 4.74 Å². The Kier molecular flexibility index (Phi) is 3.91. The topological polar surface area (TPSA) is 78.2 Å². The lowest BCUT2D eigenvalue weighted by molar-refractivity contribution is -0.386. The van der Waals surface area contributed by atoms with Crippen LogP contribution in [-0.2, 0) is 6.61 Å². The number of hydrogen-bond acceptors (Lipinski definition) is 5. The highest BCUT2D eigenvalue weighted by atomic mass is 35.5. The molecule has 1 heterocycles. The third-order valence-electron chi connectivity index (χ3n) is 2.44. The molecule has 0 amide bonds. The minimum Gasteiger partial charge on any atom is -0.480 e. The zero-order valence-electron chi connectivity index (χ0n) is 10.0. The van der Waals surface area contributed by atoms with E-state index in [-0.39, 0.29) is 23.2 Å². The molecule has 6 nitrogen and oxygen atoms in total. The van der Waals surface area contributed by atoms with Crippen molar-refractivity contribution in [3.05, 3.63) is 56.9 Å². The number of halogens is 1. The van der Waals surface area contributed by atoms with Crippen LogP contribution in [0.3, 0.4) is 0 Å². The van der Waals surface area contributed by atoms with E-state index in [4.69, 9.17) is 16.3 Å². The Morgan fingerprint density at radius 1 is 1.32 bits per heavy atom. The molecule has 2 rings (SSSR count). The molecular weight excluding hydrogens is 270 g/mol. The lowest BCUT2D eigenvalue weighted by Crippen LogP contribution is -2.03. The first-order valence-corrected chi connectivity index (χ1v) is 5.80. The lowest BCUT2D eigenvalue weighted by Gasteiger charge is -2.08. The summed E-state index contributed by atoms with van der Waals surface area (Å²) in [6.45, 7) is 1.84. The Hall–Kier alpha value is -2.21. The number of aromatic nitrogens is 2. The normalized spacial score (nSPS) is 10.2. The smallest absolute Gasteiger partial charge is 0.311 e. The Bertz CT molecular complexity index is 602. The maximum Gasteiger partial charge on any atom is 0.311 e. The van der Waals surface area contributed by atoms with Gasteiger partial charge in [-0.2, -0.15) is 5.10 Å². The summed E-state index contributed by atoms with van der Waals surface area (Å²) in [7, 11) is 0. The second-order valence-corrected chi connectivity index (χ2v) is 4.20. The van der Waals surface area contributed by atoms with Crippen molar-refractivity contribution in [2.45, 2.75) is 13.5 Å². The Balaban J connectivity index is 2.19. The average molecular weight is 280 g/mol. The van der Waals surface area contributed by atoms with Gasteiger partial charge in [-0.3, -0.25) is 10.1 Å². The molecule has 0 saturated heterocycles. The van der Waals surface area contributed by atoms with Gasteiger partial charge in [0.15, 0.2) is 10.9 Å². The molecule has 98 valence electrons. The fourth-order valence-corrected chi connectivity index (χ4v) is 1.64. The summed E-state index contributed by atoms with van der Waals surface area (Å²) in [6.07, 6.45) is 0. The van der Waals surface area contributed by atoms with Crippen LogP contribution in [-0.4, -0.2) is 15.1 Å². The van der Waals surface area contributed by atoms with Crippen molar-refractivity contribution in [3.8, 4) is 5.75 Å². The van der Waals surface area contributed by atoms with Crippen molar-refractivity contribution in [2.75, 3.05) is 0 Å². The van der Waals surface area contributed by atoms with Crippen LogP contribution in [0.5, 0.6) is 5.75 Å². The number of para-hydroxylation sites is 1. The summed E-state index contributed by atoms with van der Waals surface area (Å²) in [5.41, 5.74) is 1.17. The van der Waals surface area contributed by atoms with Gasteiger partial charge in [0.1, 0.15) is 12.3 Å². The quantitative estimate of drug-likeness (QED) is 0.635. The fourth-order valence-electron chi connectivity index (χ4n) is 1.54. The van der Waals surface area contributed by atoms with E-state index in [0.717, 1.165) is 0 Å². The fraction of sp³-hybridized carbons (Fsp3) is 0.167. The molecular formula is C12H10ClN3O3. The zero-order chi connectivity index (χ0) is 13.8. The van der Waals surface area contributed by atoms with Crippen LogP contribution in [0.2, 0.25) is 5.15 Å². The predicted octanol–water partition coefficient (Wildman–Crippen LogP) is 2.93. The minimum atomic E-state index is -0.476. The maximum atomic E-state index is 10.9. The van der Waals surface area contributed by atoms with Crippen LogP contribution in [0.1, 0.15) is 11.3 Å². The third-order valence-corrected chi connectivity index (χ3v) is 2.64. The lowest BCUT2D eigenvalue weighted by atomic mass is 10.2. The standard InChI is InChI=1S/C12H10ClN3O3/c1-8-3-2-4-10(16(17)18)12(8)19-7-9-5-6-11(13)15-14-9/h2-6H,7H2,1H3. The molecule has 0 fully saturated rings. The van der Waals surface area contributed by atoms with Gasteiger partial charge in [0.05, 0.1) is 4.92 Å². The van der Waals surface area contributed by atoms with Crippen molar-refractivity contribution in [1.29, 1.82) is 0 Å². The molecule has 0 aliphatic heterocycles. The van der Waals surface area contributed by atoms with E-state index in [9.17, 15) is 10.1 Å². The summed E-state index contributed by atoms with van der Waals surface area (Å²) in [4.78, 5) is 10.4. The number of benzene rings is 1. The summed E-state index contributed by atoms with van der Waals surface area (Å²) in [5.74, 6) is 0.240. The second-order valence-electron chi connectivity index (χ2n) is 3.82. The molecule has 1 aromatic carbocycles. The van der Waals surface area contributed by atoms with E-state index in [1.165, 1.54) is 6.07 Å². The number of nitro groups is 1. The first-order chi connectivity index (χ1) is 9.08. The van der Waals surface area contributed by atoms with E-state index < -0.39 is 4.92 Å². The zero-order valence-corrected chi connectivity index (χ0v) is 10.8. The molecule has 2 aromatic rings. The average Bonchev–Trinajstić information content (AvgIpc) is 2.39. The van der Waals surface area contributed by atoms with Crippen molar-refractivity contribution in [2.24, 2.45) is 0 Å². The molecule has 0 saturated carbocycles. The van der Waals surface area contributed by atoms with Crippen LogP contribution in [0.25, 0.3) is 0 Å². The largest absolute Gasteiger partial charge is 0.480 e. The van der Waals surface area contributed by atoms with E-state index in [1.54, 1.807) is 31.2 Å². The van der Waals surface area contributed by atoms with Crippen molar-refractivity contribution in [3.63, 3.8) is 0 Å². The summed E-state index contributed by atoms with van der Waals surface area (Å²) in [6, 6.07) is 7.99. The molecule has 1 aromatic heterocycles. The minimum absolute atomic E-state index is 0.0677. The van der Waals surface area contributed by atoms with Crippen LogP contribution >= 0.6 is 11.6 Å². The Labute approximate surface area is 114 Å². The molecule has 0 spiro atoms. The maximum absolute atomic E-state index is 10.9. The van der Waals surface area contributed by atoms with Gasteiger partial charge >= 0.3 is 5.69 Å². The summed E-state index contributed by atoms with van der Waals surface area (Å²) < 4.78 is 5.47. The number of ether oxygens (including phenoxy) is 1. The summed E-state index contributed by atoms with van der Waals surface area (Å²) in [5, 5.41) is 18.7. The number of nitrogens with zero attached hydrogens (tertiary/aromatic N) is 3. The molecule has 0 radical (unpaired) electrons. The molecule has 0 bridgehead atoms. The van der Waals surface area contributed by atoms with Gasteiger partial charge in [-0.05, 0) is 24.6 Å². The van der Waals surface area contributed by atoms with Gasteiger partial charge in [-0.25, -0.2) is 0 Å². The number of hydrogen-bond donors (Lipinski definition) is 0.